The maximum absolute atomic E-state index is 12.8. The van der Waals surface area contributed by atoms with E-state index in [0.29, 0.717) is 16.6 Å². The topological polar surface area (TPSA) is 84.0 Å². The summed E-state index contributed by atoms with van der Waals surface area (Å²) < 4.78 is 0. The van der Waals surface area contributed by atoms with Crippen LogP contribution in [0.5, 0.6) is 0 Å². The molecule has 0 saturated carbocycles. The zero-order valence-corrected chi connectivity index (χ0v) is 15.2. The van der Waals surface area contributed by atoms with Crippen molar-refractivity contribution in [1.29, 1.82) is 0 Å². The summed E-state index contributed by atoms with van der Waals surface area (Å²) in [7, 11) is 0. The van der Waals surface area contributed by atoms with Gasteiger partial charge in [-0.1, -0.05) is 50.2 Å². The summed E-state index contributed by atoms with van der Waals surface area (Å²) in [6, 6.07) is 14.3. The molecule has 1 unspecified atom stereocenters. The number of aromatic nitrogens is 2. The van der Waals surface area contributed by atoms with Crippen molar-refractivity contribution in [2.45, 2.75) is 32.2 Å². The average Bonchev–Trinajstić information content (AvgIpc) is 3.01. The third-order valence-corrected chi connectivity index (χ3v) is 5.00. The van der Waals surface area contributed by atoms with Crippen molar-refractivity contribution in [3.63, 3.8) is 0 Å². The molecule has 2 heterocycles. The SMILES string of the molecule is CCc1nc2ccc(C3(c4ccccc4)NC(=O)NC3=O)cc2nc1CC. The Labute approximate surface area is 157 Å². The monoisotopic (exact) mass is 360 g/mol. The zero-order chi connectivity index (χ0) is 19.0. The van der Waals surface area contributed by atoms with Gasteiger partial charge >= 0.3 is 6.03 Å². The highest BCUT2D eigenvalue weighted by Crippen LogP contribution is 2.34. The first-order valence-electron chi connectivity index (χ1n) is 9.07. The lowest BCUT2D eigenvalue weighted by atomic mass is 9.82. The zero-order valence-electron chi connectivity index (χ0n) is 15.2. The van der Waals surface area contributed by atoms with Gasteiger partial charge in [-0.3, -0.25) is 10.1 Å². The van der Waals surface area contributed by atoms with Crippen molar-refractivity contribution < 1.29 is 9.59 Å². The number of benzene rings is 2. The van der Waals surface area contributed by atoms with E-state index < -0.39 is 17.5 Å². The molecule has 1 saturated heterocycles. The molecule has 0 radical (unpaired) electrons. The van der Waals surface area contributed by atoms with Gasteiger partial charge < -0.3 is 5.32 Å². The first-order valence-corrected chi connectivity index (χ1v) is 9.07. The van der Waals surface area contributed by atoms with Gasteiger partial charge in [-0.25, -0.2) is 14.8 Å². The number of nitrogens with one attached hydrogen (secondary N) is 2. The molecular formula is C21H20N4O2. The summed E-state index contributed by atoms with van der Waals surface area (Å²) in [5, 5.41) is 5.19. The van der Waals surface area contributed by atoms with E-state index in [4.69, 9.17) is 9.97 Å². The fourth-order valence-corrected chi connectivity index (χ4v) is 3.64. The number of carbonyl (C=O) groups excluding carboxylic acids is 2. The Morgan fingerprint density at radius 3 is 2.11 bits per heavy atom. The molecule has 1 aliphatic rings. The van der Waals surface area contributed by atoms with Gasteiger partial charge in [-0.2, -0.15) is 0 Å². The van der Waals surface area contributed by atoms with Crippen molar-refractivity contribution in [1.82, 2.24) is 20.6 Å². The summed E-state index contributed by atoms with van der Waals surface area (Å²) >= 11 is 0. The van der Waals surface area contributed by atoms with E-state index in [1.807, 2.05) is 48.5 Å². The van der Waals surface area contributed by atoms with Crippen LogP contribution >= 0.6 is 0 Å². The molecule has 0 spiro atoms. The second-order valence-corrected chi connectivity index (χ2v) is 6.55. The van der Waals surface area contributed by atoms with Crippen LogP contribution in [0.15, 0.2) is 48.5 Å². The van der Waals surface area contributed by atoms with Gasteiger partial charge in [-0.15, -0.1) is 0 Å². The van der Waals surface area contributed by atoms with Gasteiger partial charge in [0.15, 0.2) is 5.54 Å². The van der Waals surface area contributed by atoms with Crippen molar-refractivity contribution in [2.24, 2.45) is 0 Å². The maximum Gasteiger partial charge on any atom is 0.322 e. The highest BCUT2D eigenvalue weighted by Gasteiger charge is 2.49. The number of rotatable bonds is 4. The lowest BCUT2D eigenvalue weighted by molar-refractivity contribution is -0.122. The van der Waals surface area contributed by atoms with Crippen LogP contribution in [0.1, 0.15) is 36.4 Å². The molecule has 136 valence electrons. The molecular weight excluding hydrogens is 340 g/mol. The average molecular weight is 360 g/mol. The number of nitrogens with zero attached hydrogens (tertiary/aromatic N) is 2. The predicted octanol–water partition coefficient (Wildman–Crippen LogP) is 2.84. The minimum absolute atomic E-state index is 0.396. The largest absolute Gasteiger partial charge is 0.322 e. The minimum atomic E-state index is -1.27. The van der Waals surface area contributed by atoms with E-state index in [9.17, 15) is 9.59 Å². The number of hydrogen-bond donors (Lipinski definition) is 2. The van der Waals surface area contributed by atoms with Gasteiger partial charge in [-0.05, 0) is 36.1 Å². The number of hydrogen-bond acceptors (Lipinski definition) is 4. The van der Waals surface area contributed by atoms with Crippen molar-refractivity contribution in [2.75, 3.05) is 0 Å². The fraction of sp³-hybridized carbons (Fsp3) is 0.238. The Hall–Kier alpha value is -3.28. The molecule has 6 nitrogen and oxygen atoms in total. The standard InChI is InChI=1S/C21H20N4O2/c1-3-15-16(4-2)23-18-12-14(10-11-17(18)22-15)21(13-8-6-5-7-9-13)19(26)24-20(27)25-21/h5-12H,3-4H2,1-2H3,(H2,24,25,26,27). The molecule has 0 aliphatic carbocycles. The highest BCUT2D eigenvalue weighted by atomic mass is 16.2. The Bertz CT molecular complexity index is 1050. The summed E-state index contributed by atoms with van der Waals surface area (Å²) in [6.07, 6.45) is 1.61. The minimum Gasteiger partial charge on any atom is -0.316 e. The Balaban J connectivity index is 1.94. The molecule has 2 N–H and O–H groups in total. The van der Waals surface area contributed by atoms with E-state index in [1.54, 1.807) is 0 Å². The van der Waals surface area contributed by atoms with Crippen LogP contribution in [0, 0.1) is 0 Å². The van der Waals surface area contributed by atoms with Crippen LogP contribution in [0.2, 0.25) is 0 Å². The highest BCUT2D eigenvalue weighted by molar-refractivity contribution is 6.09. The number of urea groups is 1. The van der Waals surface area contributed by atoms with Gasteiger partial charge in [0.05, 0.1) is 22.4 Å². The first kappa shape index (κ1) is 17.1. The fourth-order valence-electron chi connectivity index (χ4n) is 3.64. The molecule has 2 aromatic carbocycles. The van der Waals surface area contributed by atoms with E-state index in [0.717, 1.165) is 29.7 Å². The molecule has 0 bridgehead atoms. The molecule has 27 heavy (non-hydrogen) atoms. The number of aryl methyl sites for hydroxylation is 2. The van der Waals surface area contributed by atoms with Crippen LogP contribution in [0.4, 0.5) is 4.79 Å². The van der Waals surface area contributed by atoms with E-state index >= 15 is 0 Å². The number of amides is 3. The Morgan fingerprint density at radius 1 is 0.852 bits per heavy atom. The van der Waals surface area contributed by atoms with Crippen LogP contribution in [-0.2, 0) is 23.2 Å². The molecule has 3 amide bonds. The first-order chi connectivity index (χ1) is 13.1. The summed E-state index contributed by atoms with van der Waals surface area (Å²) in [4.78, 5) is 34.3. The van der Waals surface area contributed by atoms with Crippen LogP contribution < -0.4 is 10.6 Å². The predicted molar refractivity (Wildman–Crippen MR) is 102 cm³/mol. The number of carbonyl (C=O) groups is 2. The molecule has 1 atom stereocenters. The molecule has 6 heteroatoms. The van der Waals surface area contributed by atoms with Gasteiger partial charge in [0, 0.05) is 0 Å². The van der Waals surface area contributed by atoms with E-state index in [1.165, 1.54) is 0 Å². The lowest BCUT2D eigenvalue weighted by Crippen LogP contribution is -2.44. The second-order valence-electron chi connectivity index (χ2n) is 6.55. The Kier molecular flexibility index (Phi) is 4.11. The normalized spacial score (nSPS) is 19.2. The van der Waals surface area contributed by atoms with E-state index in [2.05, 4.69) is 24.5 Å². The van der Waals surface area contributed by atoms with Crippen LogP contribution in [0.25, 0.3) is 11.0 Å². The van der Waals surface area contributed by atoms with Crippen LogP contribution in [-0.4, -0.2) is 21.9 Å². The van der Waals surface area contributed by atoms with E-state index in [-0.39, 0.29) is 0 Å². The molecule has 3 aromatic rings. The smallest absolute Gasteiger partial charge is 0.316 e. The maximum atomic E-state index is 12.8. The Morgan fingerprint density at radius 2 is 1.52 bits per heavy atom. The van der Waals surface area contributed by atoms with Gasteiger partial charge in [0.25, 0.3) is 5.91 Å². The molecule has 4 rings (SSSR count). The van der Waals surface area contributed by atoms with Gasteiger partial charge in [0.1, 0.15) is 0 Å². The summed E-state index contributed by atoms with van der Waals surface area (Å²) in [5.74, 6) is -0.396. The van der Waals surface area contributed by atoms with Gasteiger partial charge in [0.2, 0.25) is 0 Å². The third kappa shape index (κ3) is 2.65. The third-order valence-electron chi connectivity index (χ3n) is 5.00. The summed E-state index contributed by atoms with van der Waals surface area (Å²) in [6.45, 7) is 4.11. The number of fused-ring (bicyclic) bond motifs is 1. The lowest BCUT2D eigenvalue weighted by Gasteiger charge is -2.27. The summed E-state index contributed by atoms with van der Waals surface area (Å²) in [5.41, 5.74) is 3.51. The molecule has 1 aromatic heterocycles. The number of imide groups is 1. The second kappa shape index (κ2) is 6.46. The van der Waals surface area contributed by atoms with Crippen molar-refractivity contribution in [3.8, 4) is 0 Å². The quantitative estimate of drug-likeness (QED) is 0.701. The van der Waals surface area contributed by atoms with Crippen LogP contribution in [0.3, 0.4) is 0 Å². The molecule has 1 aliphatic heterocycles. The molecule has 1 fully saturated rings. The van der Waals surface area contributed by atoms with Crippen molar-refractivity contribution in [3.05, 3.63) is 71.0 Å². The van der Waals surface area contributed by atoms with Crippen molar-refractivity contribution >= 4 is 23.0 Å².